The summed E-state index contributed by atoms with van der Waals surface area (Å²) < 4.78 is 15.9. The molecule has 2 atom stereocenters. The van der Waals surface area contributed by atoms with Crippen LogP contribution < -0.4 is 0 Å². The largest absolute Gasteiger partial charge is 0.441 e. The number of esters is 1. The fourth-order valence-corrected chi connectivity index (χ4v) is 1.68. The average Bonchev–Trinajstić information content (AvgIpc) is 2.31. The van der Waals surface area contributed by atoms with Gasteiger partial charge in [0.15, 0.2) is 5.44 Å². The van der Waals surface area contributed by atoms with Crippen molar-refractivity contribution in [3.8, 4) is 0 Å². The second kappa shape index (κ2) is 3.17. The van der Waals surface area contributed by atoms with Gasteiger partial charge in [-0.15, -0.1) is 0 Å². The molecule has 0 saturated carbocycles. The molecule has 0 N–H and O–H groups in total. The van der Waals surface area contributed by atoms with Crippen LogP contribution in [0.15, 0.2) is 11.6 Å². The van der Waals surface area contributed by atoms with Gasteiger partial charge in [0, 0.05) is 11.3 Å². The lowest BCUT2D eigenvalue weighted by atomic mass is 10.3. The Hall–Kier alpha value is -0.640. The van der Waals surface area contributed by atoms with E-state index in [1.165, 1.54) is 0 Å². The van der Waals surface area contributed by atoms with Gasteiger partial charge in [-0.05, 0) is 13.0 Å². The van der Waals surface area contributed by atoms with Crippen LogP contribution in [-0.2, 0) is 20.3 Å². The molecule has 4 heteroatoms. The van der Waals surface area contributed by atoms with E-state index in [0.29, 0.717) is 11.3 Å². The third-order valence-corrected chi connectivity index (χ3v) is 2.79. The quantitative estimate of drug-likeness (QED) is 0.575. The number of carbonyl (C=O) groups is 1. The van der Waals surface area contributed by atoms with Gasteiger partial charge in [0.2, 0.25) is 0 Å². The maximum Gasteiger partial charge on any atom is 0.335 e. The highest BCUT2D eigenvalue weighted by Gasteiger charge is 2.25. The first-order chi connectivity index (χ1) is 5.15. The van der Waals surface area contributed by atoms with Gasteiger partial charge in [0.1, 0.15) is 0 Å². The summed E-state index contributed by atoms with van der Waals surface area (Å²) >= 11 is 0. The van der Waals surface area contributed by atoms with Gasteiger partial charge in [0.25, 0.3) is 0 Å². The van der Waals surface area contributed by atoms with Crippen LogP contribution in [0.2, 0.25) is 0 Å². The highest BCUT2D eigenvalue weighted by atomic mass is 32.2. The van der Waals surface area contributed by atoms with Crippen molar-refractivity contribution in [1.82, 2.24) is 0 Å². The van der Waals surface area contributed by atoms with Crippen molar-refractivity contribution in [2.45, 2.75) is 19.3 Å². The third kappa shape index (κ3) is 1.68. The lowest BCUT2D eigenvalue weighted by molar-refractivity contribution is -0.137. The second-order valence-corrected chi connectivity index (χ2v) is 4.10. The monoisotopic (exact) mass is 174 g/mol. The topological polar surface area (TPSA) is 43.4 Å². The number of hydrogen-bond acceptors (Lipinski definition) is 3. The van der Waals surface area contributed by atoms with Crippen molar-refractivity contribution in [2.75, 3.05) is 5.75 Å². The van der Waals surface area contributed by atoms with Crippen LogP contribution in [0.4, 0.5) is 0 Å². The molecule has 11 heavy (non-hydrogen) atoms. The van der Waals surface area contributed by atoms with Crippen molar-refractivity contribution in [3.05, 3.63) is 11.6 Å². The summed E-state index contributed by atoms with van der Waals surface area (Å²) in [5, 5.41) is 0. The van der Waals surface area contributed by atoms with Gasteiger partial charge in [-0.1, -0.05) is 6.92 Å². The number of cyclic esters (lactones) is 1. The lowest BCUT2D eigenvalue weighted by Crippen LogP contribution is -2.15. The smallest absolute Gasteiger partial charge is 0.335 e. The zero-order valence-electron chi connectivity index (χ0n) is 6.49. The molecule has 3 nitrogen and oxygen atoms in total. The van der Waals surface area contributed by atoms with Gasteiger partial charge in [-0.2, -0.15) is 0 Å². The van der Waals surface area contributed by atoms with Gasteiger partial charge in [-0.25, -0.2) is 4.79 Å². The molecule has 0 bridgehead atoms. The summed E-state index contributed by atoms with van der Waals surface area (Å²) in [7, 11) is -1.06. The normalized spacial score (nSPS) is 26.2. The summed E-state index contributed by atoms with van der Waals surface area (Å²) in [5.41, 5.74) is 0.0456. The zero-order chi connectivity index (χ0) is 8.43. The molecule has 0 aromatic heterocycles. The predicted octanol–water partition coefficient (Wildman–Crippen LogP) is 0.584. The van der Waals surface area contributed by atoms with Gasteiger partial charge in [-0.3, -0.25) is 4.21 Å². The Balaban J connectivity index is 2.68. The summed E-state index contributed by atoms with van der Waals surface area (Å²) in [6.45, 7) is 3.46. The Morgan fingerprint density at radius 1 is 1.73 bits per heavy atom. The van der Waals surface area contributed by atoms with Crippen molar-refractivity contribution in [1.29, 1.82) is 0 Å². The SMILES string of the molecule is CCS(=O)C1C=C(C)C(=O)O1. The Kier molecular flexibility index (Phi) is 2.44. The standard InChI is InChI=1S/C7H10O3S/c1-3-11(9)6-4-5(2)7(8)10-6/h4,6H,3H2,1-2H3. The van der Waals surface area contributed by atoms with E-state index in [2.05, 4.69) is 0 Å². The van der Waals surface area contributed by atoms with E-state index < -0.39 is 16.2 Å². The van der Waals surface area contributed by atoms with E-state index in [4.69, 9.17) is 4.74 Å². The van der Waals surface area contributed by atoms with Crippen LogP contribution in [0.1, 0.15) is 13.8 Å². The minimum atomic E-state index is -1.06. The van der Waals surface area contributed by atoms with Gasteiger partial charge < -0.3 is 4.74 Å². The van der Waals surface area contributed by atoms with Crippen molar-refractivity contribution in [3.63, 3.8) is 0 Å². The first-order valence-electron chi connectivity index (χ1n) is 3.41. The van der Waals surface area contributed by atoms with E-state index in [1.807, 2.05) is 0 Å². The van der Waals surface area contributed by atoms with Crippen LogP contribution in [0.5, 0.6) is 0 Å². The highest BCUT2D eigenvalue weighted by molar-refractivity contribution is 7.85. The maximum atomic E-state index is 11.1. The Labute approximate surface area is 67.9 Å². The fraction of sp³-hybridized carbons (Fsp3) is 0.571. The Morgan fingerprint density at radius 3 is 2.73 bits per heavy atom. The van der Waals surface area contributed by atoms with Crippen LogP contribution in [0.25, 0.3) is 0 Å². The Bertz CT molecular complexity index is 232. The van der Waals surface area contributed by atoms with E-state index in [0.717, 1.165) is 0 Å². The average molecular weight is 174 g/mol. The molecule has 0 fully saturated rings. The first kappa shape index (κ1) is 8.46. The number of hydrogen-bond donors (Lipinski definition) is 0. The number of carbonyl (C=O) groups excluding carboxylic acids is 1. The van der Waals surface area contributed by atoms with E-state index in [1.54, 1.807) is 19.9 Å². The molecule has 0 aromatic carbocycles. The van der Waals surface area contributed by atoms with Gasteiger partial charge in [0.05, 0.1) is 10.8 Å². The minimum absolute atomic E-state index is 0.350. The molecule has 0 radical (unpaired) electrons. The second-order valence-electron chi connectivity index (χ2n) is 2.29. The van der Waals surface area contributed by atoms with E-state index >= 15 is 0 Å². The number of rotatable bonds is 2. The molecule has 2 unspecified atom stereocenters. The lowest BCUT2D eigenvalue weighted by Gasteiger charge is -2.04. The van der Waals surface area contributed by atoms with Crippen molar-refractivity contribution >= 4 is 16.8 Å². The van der Waals surface area contributed by atoms with Crippen LogP contribution >= 0.6 is 0 Å². The maximum absolute atomic E-state index is 11.1. The van der Waals surface area contributed by atoms with E-state index in [9.17, 15) is 9.00 Å². The molecule has 62 valence electrons. The van der Waals surface area contributed by atoms with E-state index in [-0.39, 0.29) is 5.97 Å². The van der Waals surface area contributed by atoms with Crippen molar-refractivity contribution < 1.29 is 13.7 Å². The summed E-state index contributed by atoms with van der Waals surface area (Å²) in [5.74, 6) is 0.165. The molecule has 1 rings (SSSR count). The highest BCUT2D eigenvalue weighted by Crippen LogP contribution is 2.15. The molecule has 1 aliphatic rings. The molecule has 0 aromatic rings. The third-order valence-electron chi connectivity index (χ3n) is 1.47. The van der Waals surface area contributed by atoms with Crippen molar-refractivity contribution in [2.24, 2.45) is 0 Å². The molecular formula is C7H10O3S. The Morgan fingerprint density at radius 2 is 2.36 bits per heavy atom. The molecule has 0 saturated heterocycles. The van der Waals surface area contributed by atoms with Gasteiger partial charge >= 0.3 is 5.97 Å². The summed E-state index contributed by atoms with van der Waals surface area (Å²) in [6.07, 6.45) is 1.61. The molecule has 0 spiro atoms. The summed E-state index contributed by atoms with van der Waals surface area (Å²) in [4.78, 5) is 10.8. The zero-order valence-corrected chi connectivity index (χ0v) is 7.31. The molecule has 1 aliphatic heterocycles. The molecule has 1 heterocycles. The van der Waals surface area contributed by atoms with Crippen LogP contribution in [0, 0.1) is 0 Å². The molecular weight excluding hydrogens is 164 g/mol. The minimum Gasteiger partial charge on any atom is -0.441 e. The molecule has 0 amide bonds. The number of ether oxygens (including phenoxy) is 1. The predicted molar refractivity (Wildman–Crippen MR) is 42.3 cm³/mol. The molecule has 0 aliphatic carbocycles. The summed E-state index contributed by atoms with van der Waals surface area (Å²) in [6, 6.07) is 0. The van der Waals surface area contributed by atoms with Crippen LogP contribution in [-0.4, -0.2) is 21.4 Å². The fourth-order valence-electron chi connectivity index (χ4n) is 0.798. The first-order valence-corrected chi connectivity index (χ1v) is 4.80. The van der Waals surface area contributed by atoms with Crippen LogP contribution in [0.3, 0.4) is 0 Å².